The van der Waals surface area contributed by atoms with Crippen molar-refractivity contribution in [2.45, 2.75) is 44.2 Å². The summed E-state index contributed by atoms with van der Waals surface area (Å²) >= 11 is 0. The third-order valence-electron chi connectivity index (χ3n) is 3.24. The zero-order valence-electron chi connectivity index (χ0n) is 7.13. The summed E-state index contributed by atoms with van der Waals surface area (Å²) < 4.78 is 0. The van der Waals surface area contributed by atoms with E-state index in [2.05, 4.69) is 4.90 Å². The van der Waals surface area contributed by atoms with E-state index in [1.165, 1.54) is 38.6 Å². The highest BCUT2D eigenvalue weighted by molar-refractivity contribution is 4.89. The zero-order valence-corrected chi connectivity index (χ0v) is 7.13. The molecule has 2 heteroatoms. The lowest BCUT2D eigenvalue weighted by molar-refractivity contribution is 0.128. The minimum absolute atomic E-state index is 0.719. The second kappa shape index (κ2) is 3.11. The Bertz CT molecular complexity index is 136. The molecule has 2 atom stereocenters. The third-order valence-corrected chi connectivity index (χ3v) is 3.24. The fourth-order valence-corrected chi connectivity index (χ4v) is 2.66. The van der Waals surface area contributed by atoms with Crippen molar-refractivity contribution in [3.63, 3.8) is 0 Å². The molecule has 2 N–H and O–H groups in total. The molecule has 2 fully saturated rings. The van der Waals surface area contributed by atoms with Crippen LogP contribution in [0.25, 0.3) is 0 Å². The van der Waals surface area contributed by atoms with Gasteiger partial charge in [-0.3, -0.25) is 4.90 Å². The minimum Gasteiger partial charge on any atom is -0.329 e. The molecule has 0 saturated carbocycles. The molecule has 2 unspecified atom stereocenters. The topological polar surface area (TPSA) is 29.3 Å². The molecule has 64 valence electrons. The van der Waals surface area contributed by atoms with Crippen LogP contribution in [0.1, 0.15) is 32.1 Å². The van der Waals surface area contributed by atoms with Crippen LogP contribution in [0.3, 0.4) is 0 Å². The van der Waals surface area contributed by atoms with Crippen LogP contribution in [0.15, 0.2) is 0 Å². The summed E-state index contributed by atoms with van der Waals surface area (Å²) in [6.07, 6.45) is 7.00. The summed E-state index contributed by atoms with van der Waals surface area (Å²) in [5, 5.41) is 0. The van der Waals surface area contributed by atoms with Crippen molar-refractivity contribution in [3.8, 4) is 0 Å². The maximum Gasteiger partial charge on any atom is 0.0221 e. The Hall–Kier alpha value is -0.0800. The predicted octanol–water partition coefficient (Wildman–Crippen LogP) is 0.962. The van der Waals surface area contributed by atoms with E-state index in [1.807, 2.05) is 0 Å². The zero-order chi connectivity index (χ0) is 7.68. The minimum atomic E-state index is 0.719. The number of nitrogens with two attached hydrogens (primary N) is 1. The van der Waals surface area contributed by atoms with Crippen LogP contribution < -0.4 is 5.73 Å². The van der Waals surface area contributed by atoms with Gasteiger partial charge in [-0.05, 0) is 32.2 Å². The molecule has 0 aromatic carbocycles. The van der Waals surface area contributed by atoms with Crippen molar-refractivity contribution < 1.29 is 0 Å². The smallest absolute Gasteiger partial charge is 0.0221 e. The van der Waals surface area contributed by atoms with Crippen molar-refractivity contribution in [1.29, 1.82) is 0 Å². The molecule has 0 aromatic heterocycles. The van der Waals surface area contributed by atoms with E-state index in [-0.39, 0.29) is 0 Å². The summed E-state index contributed by atoms with van der Waals surface area (Å²) in [4.78, 5) is 2.64. The lowest BCUT2D eigenvalue weighted by atomic mass is 9.97. The number of rotatable bonds is 1. The number of hydrogen-bond donors (Lipinski definition) is 1. The Labute approximate surface area is 68.7 Å². The monoisotopic (exact) mass is 154 g/mol. The first-order valence-corrected chi connectivity index (χ1v) is 4.87. The molecule has 2 heterocycles. The van der Waals surface area contributed by atoms with Crippen molar-refractivity contribution in [3.05, 3.63) is 0 Å². The molecule has 0 amide bonds. The van der Waals surface area contributed by atoms with Gasteiger partial charge in [0.1, 0.15) is 0 Å². The van der Waals surface area contributed by atoms with E-state index in [0.29, 0.717) is 0 Å². The van der Waals surface area contributed by atoms with E-state index in [4.69, 9.17) is 5.73 Å². The van der Waals surface area contributed by atoms with Crippen molar-refractivity contribution in [1.82, 2.24) is 4.90 Å². The van der Waals surface area contributed by atoms with Gasteiger partial charge in [0, 0.05) is 18.6 Å². The van der Waals surface area contributed by atoms with Crippen LogP contribution in [0.5, 0.6) is 0 Å². The Morgan fingerprint density at radius 3 is 2.82 bits per heavy atom. The van der Waals surface area contributed by atoms with Gasteiger partial charge in [-0.25, -0.2) is 0 Å². The molecule has 0 aromatic rings. The Kier molecular flexibility index (Phi) is 2.14. The van der Waals surface area contributed by atoms with E-state index in [1.54, 1.807) is 0 Å². The maximum absolute atomic E-state index is 5.72. The van der Waals surface area contributed by atoms with Crippen LogP contribution in [0.2, 0.25) is 0 Å². The Morgan fingerprint density at radius 2 is 2.00 bits per heavy atom. The van der Waals surface area contributed by atoms with Crippen molar-refractivity contribution in [2.75, 3.05) is 13.1 Å². The normalized spacial score (nSPS) is 39.0. The van der Waals surface area contributed by atoms with Gasteiger partial charge in [0.15, 0.2) is 0 Å². The largest absolute Gasteiger partial charge is 0.329 e. The molecular formula is C9H18N2. The van der Waals surface area contributed by atoms with Gasteiger partial charge in [0.05, 0.1) is 0 Å². The summed E-state index contributed by atoms with van der Waals surface area (Å²) in [5.74, 6) is 0. The Morgan fingerprint density at radius 1 is 1.18 bits per heavy atom. The van der Waals surface area contributed by atoms with Crippen molar-refractivity contribution >= 4 is 0 Å². The summed E-state index contributed by atoms with van der Waals surface area (Å²) in [7, 11) is 0. The number of piperidine rings is 1. The first kappa shape index (κ1) is 7.56. The number of nitrogens with zero attached hydrogens (tertiary/aromatic N) is 1. The lowest BCUT2D eigenvalue weighted by Gasteiger charge is -2.36. The van der Waals surface area contributed by atoms with Crippen LogP contribution >= 0.6 is 0 Å². The maximum atomic E-state index is 5.72. The van der Waals surface area contributed by atoms with E-state index in [0.717, 1.165) is 18.6 Å². The highest BCUT2D eigenvalue weighted by atomic mass is 15.2. The summed E-state index contributed by atoms with van der Waals surface area (Å²) in [5.41, 5.74) is 5.72. The van der Waals surface area contributed by atoms with E-state index < -0.39 is 0 Å². The van der Waals surface area contributed by atoms with Crippen LogP contribution in [-0.2, 0) is 0 Å². The average molecular weight is 154 g/mol. The molecule has 0 aliphatic carbocycles. The molecule has 2 nitrogen and oxygen atoms in total. The molecule has 2 aliphatic heterocycles. The van der Waals surface area contributed by atoms with E-state index in [9.17, 15) is 0 Å². The third kappa shape index (κ3) is 1.30. The van der Waals surface area contributed by atoms with Gasteiger partial charge in [-0.2, -0.15) is 0 Å². The molecule has 0 spiro atoms. The second-order valence-corrected chi connectivity index (χ2v) is 3.85. The molecule has 2 aliphatic rings. The van der Waals surface area contributed by atoms with Crippen LogP contribution in [-0.4, -0.2) is 30.1 Å². The first-order valence-electron chi connectivity index (χ1n) is 4.87. The molecule has 2 rings (SSSR count). The highest BCUT2D eigenvalue weighted by Crippen LogP contribution is 2.30. The first-order chi connectivity index (χ1) is 5.42. The molecule has 2 saturated heterocycles. The van der Waals surface area contributed by atoms with Gasteiger partial charge in [-0.1, -0.05) is 6.42 Å². The van der Waals surface area contributed by atoms with Crippen LogP contribution in [0.4, 0.5) is 0 Å². The lowest BCUT2D eigenvalue weighted by Crippen LogP contribution is -2.46. The number of fused-ring (bicyclic) bond motifs is 1. The van der Waals surface area contributed by atoms with Gasteiger partial charge < -0.3 is 5.73 Å². The second-order valence-electron chi connectivity index (χ2n) is 3.85. The van der Waals surface area contributed by atoms with Gasteiger partial charge in [-0.15, -0.1) is 0 Å². The average Bonchev–Trinajstić information content (AvgIpc) is 2.50. The predicted molar refractivity (Wildman–Crippen MR) is 46.4 cm³/mol. The van der Waals surface area contributed by atoms with Gasteiger partial charge >= 0.3 is 0 Å². The highest BCUT2D eigenvalue weighted by Gasteiger charge is 2.32. The quantitative estimate of drug-likeness (QED) is 0.609. The molecule has 0 radical (unpaired) electrons. The fraction of sp³-hybridized carbons (Fsp3) is 1.00. The fourth-order valence-electron chi connectivity index (χ4n) is 2.66. The Balaban J connectivity index is 2.00. The number of hydrogen-bond acceptors (Lipinski definition) is 2. The summed E-state index contributed by atoms with van der Waals surface area (Å²) in [6.45, 7) is 2.18. The molecule has 11 heavy (non-hydrogen) atoms. The molecule has 0 bridgehead atoms. The SMILES string of the molecule is NCC1CCCC2CCCN12. The van der Waals surface area contributed by atoms with Crippen molar-refractivity contribution in [2.24, 2.45) is 5.73 Å². The summed E-state index contributed by atoms with van der Waals surface area (Å²) in [6, 6.07) is 1.62. The van der Waals surface area contributed by atoms with Gasteiger partial charge in [0.25, 0.3) is 0 Å². The van der Waals surface area contributed by atoms with Gasteiger partial charge in [0.2, 0.25) is 0 Å². The van der Waals surface area contributed by atoms with Crippen LogP contribution in [0, 0.1) is 0 Å². The standard InChI is InChI=1S/C9H18N2/c10-7-9-4-1-3-8-5-2-6-11(8)9/h8-9H,1-7,10H2. The molecular weight excluding hydrogens is 136 g/mol. The van der Waals surface area contributed by atoms with E-state index >= 15 is 0 Å².